The summed E-state index contributed by atoms with van der Waals surface area (Å²) in [5.74, 6) is 0.619. The van der Waals surface area contributed by atoms with Crippen LogP contribution in [0.3, 0.4) is 0 Å². The van der Waals surface area contributed by atoms with Gasteiger partial charge in [0, 0.05) is 26.2 Å². The fourth-order valence-electron chi connectivity index (χ4n) is 3.02. The van der Waals surface area contributed by atoms with E-state index in [1.807, 2.05) is 11.0 Å². The maximum Gasteiger partial charge on any atom is 0.278 e. The number of carbonyl (C=O) groups excluding carboxylic acids is 1. The van der Waals surface area contributed by atoms with Crippen molar-refractivity contribution in [2.45, 2.75) is 26.8 Å². The number of nitrogens with zero attached hydrogens (tertiary/aromatic N) is 5. The lowest BCUT2D eigenvalue weighted by molar-refractivity contribution is -0.133. The van der Waals surface area contributed by atoms with Crippen LogP contribution in [0, 0.1) is 5.92 Å². The molecule has 134 valence electrons. The second-order valence-corrected chi connectivity index (χ2v) is 6.97. The summed E-state index contributed by atoms with van der Waals surface area (Å²) in [5, 5.41) is 8.42. The third-order valence-electron chi connectivity index (χ3n) is 4.66. The van der Waals surface area contributed by atoms with Crippen LogP contribution >= 0.6 is 0 Å². The van der Waals surface area contributed by atoms with E-state index >= 15 is 0 Å². The van der Waals surface area contributed by atoms with Gasteiger partial charge in [0.15, 0.2) is 0 Å². The molecule has 1 aliphatic heterocycles. The van der Waals surface area contributed by atoms with Gasteiger partial charge in [0.1, 0.15) is 12.1 Å². The third kappa shape index (κ3) is 4.22. The van der Waals surface area contributed by atoms with Crippen LogP contribution in [0.1, 0.15) is 20.3 Å². The Bertz CT molecular complexity index is 793. The smallest absolute Gasteiger partial charge is 0.278 e. The number of rotatable bonds is 5. The Morgan fingerprint density at radius 2 is 1.88 bits per heavy atom. The van der Waals surface area contributed by atoms with Crippen molar-refractivity contribution >= 4 is 16.8 Å². The molecule has 0 spiro atoms. The van der Waals surface area contributed by atoms with Crippen molar-refractivity contribution in [2.24, 2.45) is 5.92 Å². The highest BCUT2D eigenvalue weighted by Crippen LogP contribution is 2.07. The van der Waals surface area contributed by atoms with Gasteiger partial charge < -0.3 is 4.90 Å². The van der Waals surface area contributed by atoms with Crippen molar-refractivity contribution in [3.8, 4) is 0 Å². The molecule has 1 aromatic heterocycles. The molecular formula is C18H25N5O2. The van der Waals surface area contributed by atoms with E-state index in [1.165, 1.54) is 6.42 Å². The molecule has 1 aliphatic rings. The van der Waals surface area contributed by atoms with Crippen LogP contribution in [-0.4, -0.2) is 63.4 Å². The van der Waals surface area contributed by atoms with Gasteiger partial charge in [0.2, 0.25) is 5.91 Å². The number of hydrogen-bond donors (Lipinski definition) is 0. The number of aromatic nitrogens is 3. The minimum absolute atomic E-state index is 0.0529. The van der Waals surface area contributed by atoms with Gasteiger partial charge in [-0.25, -0.2) is 4.68 Å². The van der Waals surface area contributed by atoms with E-state index in [4.69, 9.17) is 0 Å². The Hall–Kier alpha value is -2.28. The lowest BCUT2D eigenvalue weighted by Gasteiger charge is -2.35. The van der Waals surface area contributed by atoms with Crippen LogP contribution in [0.25, 0.3) is 10.9 Å². The van der Waals surface area contributed by atoms with E-state index in [-0.39, 0.29) is 18.0 Å². The van der Waals surface area contributed by atoms with Gasteiger partial charge >= 0.3 is 0 Å². The van der Waals surface area contributed by atoms with Crippen molar-refractivity contribution in [3.05, 3.63) is 34.6 Å². The molecule has 2 heterocycles. The Labute approximate surface area is 147 Å². The van der Waals surface area contributed by atoms with Crippen LogP contribution < -0.4 is 5.56 Å². The third-order valence-corrected chi connectivity index (χ3v) is 4.66. The van der Waals surface area contributed by atoms with E-state index in [0.717, 1.165) is 24.3 Å². The first-order valence-electron chi connectivity index (χ1n) is 8.87. The van der Waals surface area contributed by atoms with Gasteiger partial charge in [0.25, 0.3) is 5.56 Å². The Morgan fingerprint density at radius 1 is 1.16 bits per heavy atom. The summed E-state index contributed by atoms with van der Waals surface area (Å²) in [7, 11) is 0. The van der Waals surface area contributed by atoms with Gasteiger partial charge in [-0.1, -0.05) is 31.2 Å². The van der Waals surface area contributed by atoms with Crippen molar-refractivity contribution < 1.29 is 4.79 Å². The highest BCUT2D eigenvalue weighted by atomic mass is 16.2. The molecule has 7 nitrogen and oxygen atoms in total. The molecule has 1 fully saturated rings. The SMILES string of the molecule is CC(C)CCN1CCN(C(=O)Cn2nnc3ccccc3c2=O)CC1. The number of carbonyl (C=O) groups is 1. The molecule has 0 radical (unpaired) electrons. The summed E-state index contributed by atoms with van der Waals surface area (Å²) in [4.78, 5) is 29.1. The Kier molecular flexibility index (Phi) is 5.43. The first-order valence-corrected chi connectivity index (χ1v) is 8.87. The van der Waals surface area contributed by atoms with Crippen molar-refractivity contribution in [2.75, 3.05) is 32.7 Å². The summed E-state index contributed by atoms with van der Waals surface area (Å²) >= 11 is 0. The number of fused-ring (bicyclic) bond motifs is 1. The maximum atomic E-state index is 12.5. The van der Waals surface area contributed by atoms with E-state index < -0.39 is 0 Å². The zero-order valence-corrected chi connectivity index (χ0v) is 14.9. The van der Waals surface area contributed by atoms with Crippen LogP contribution in [0.4, 0.5) is 0 Å². The fourth-order valence-corrected chi connectivity index (χ4v) is 3.02. The number of benzene rings is 1. The van der Waals surface area contributed by atoms with Crippen LogP contribution in [0.2, 0.25) is 0 Å². The van der Waals surface area contributed by atoms with Crippen molar-refractivity contribution in [1.29, 1.82) is 0 Å². The molecule has 1 amide bonds. The second-order valence-electron chi connectivity index (χ2n) is 6.97. The van der Waals surface area contributed by atoms with Crippen molar-refractivity contribution in [1.82, 2.24) is 24.8 Å². The van der Waals surface area contributed by atoms with Crippen molar-refractivity contribution in [3.63, 3.8) is 0 Å². The van der Waals surface area contributed by atoms with E-state index in [0.29, 0.717) is 29.9 Å². The lowest BCUT2D eigenvalue weighted by Crippen LogP contribution is -2.50. The lowest BCUT2D eigenvalue weighted by atomic mass is 10.1. The first-order chi connectivity index (χ1) is 12.0. The molecule has 0 bridgehead atoms. The molecule has 0 saturated carbocycles. The minimum atomic E-state index is -0.269. The second kappa shape index (κ2) is 7.74. The van der Waals surface area contributed by atoms with Crippen LogP contribution in [0.15, 0.2) is 29.1 Å². The van der Waals surface area contributed by atoms with Gasteiger partial charge in [-0.15, -0.1) is 5.10 Å². The quantitative estimate of drug-likeness (QED) is 0.809. The number of hydrogen-bond acceptors (Lipinski definition) is 5. The van der Waals surface area contributed by atoms with E-state index in [2.05, 4.69) is 29.1 Å². The van der Waals surface area contributed by atoms with Gasteiger partial charge in [-0.3, -0.25) is 14.5 Å². The molecule has 0 N–H and O–H groups in total. The standard InChI is InChI=1S/C18H25N5O2/c1-14(2)7-8-21-9-11-22(12-10-21)17(24)13-23-18(25)15-5-3-4-6-16(15)19-20-23/h3-6,14H,7-13H2,1-2H3. The molecule has 0 aliphatic carbocycles. The summed E-state index contributed by atoms with van der Waals surface area (Å²) < 4.78 is 1.16. The molecule has 0 unspecified atom stereocenters. The summed E-state index contributed by atoms with van der Waals surface area (Å²) in [6.07, 6.45) is 1.18. The fraction of sp³-hybridized carbons (Fsp3) is 0.556. The topological polar surface area (TPSA) is 71.3 Å². The molecule has 1 aromatic carbocycles. The van der Waals surface area contributed by atoms with E-state index in [1.54, 1.807) is 18.2 Å². The monoisotopic (exact) mass is 343 g/mol. The molecule has 3 rings (SSSR count). The average molecular weight is 343 g/mol. The number of piperazine rings is 1. The zero-order valence-electron chi connectivity index (χ0n) is 14.9. The Morgan fingerprint density at radius 3 is 2.60 bits per heavy atom. The zero-order chi connectivity index (χ0) is 17.8. The Balaban J connectivity index is 1.60. The predicted octanol–water partition coefficient (Wildman–Crippen LogP) is 0.982. The molecule has 1 saturated heterocycles. The largest absolute Gasteiger partial charge is 0.339 e. The maximum absolute atomic E-state index is 12.5. The summed E-state index contributed by atoms with van der Waals surface area (Å²) in [5.41, 5.74) is 0.282. The summed E-state index contributed by atoms with van der Waals surface area (Å²) in [6, 6.07) is 7.05. The normalized spacial score (nSPS) is 15.9. The highest BCUT2D eigenvalue weighted by Gasteiger charge is 2.22. The van der Waals surface area contributed by atoms with Gasteiger partial charge in [-0.2, -0.15) is 0 Å². The van der Waals surface area contributed by atoms with Crippen LogP contribution in [-0.2, 0) is 11.3 Å². The minimum Gasteiger partial charge on any atom is -0.339 e. The highest BCUT2D eigenvalue weighted by molar-refractivity contribution is 5.78. The first kappa shape index (κ1) is 17.5. The molecule has 0 atom stereocenters. The number of amides is 1. The molecule has 2 aromatic rings. The summed E-state index contributed by atoms with van der Waals surface area (Å²) in [6.45, 7) is 8.65. The molecular weight excluding hydrogens is 318 g/mol. The van der Waals surface area contributed by atoms with E-state index in [9.17, 15) is 9.59 Å². The predicted molar refractivity (Wildman–Crippen MR) is 96.3 cm³/mol. The molecule has 7 heteroatoms. The average Bonchev–Trinajstić information content (AvgIpc) is 2.63. The van der Waals surface area contributed by atoms with Gasteiger partial charge in [0.05, 0.1) is 5.39 Å². The van der Waals surface area contributed by atoms with Gasteiger partial charge in [-0.05, 0) is 31.0 Å². The molecule has 25 heavy (non-hydrogen) atoms. The van der Waals surface area contributed by atoms with Crippen LogP contribution in [0.5, 0.6) is 0 Å².